The van der Waals surface area contributed by atoms with Gasteiger partial charge in [0.05, 0.1) is 0 Å². The molecule has 2 N–H and O–H groups in total. The van der Waals surface area contributed by atoms with Crippen LogP contribution in [0.1, 0.15) is 39.7 Å². The molecule has 0 aliphatic heterocycles. The van der Waals surface area contributed by atoms with E-state index < -0.39 is 17.4 Å². The molecule has 1 aromatic carbocycles. The Hall–Kier alpha value is -1.55. The van der Waals surface area contributed by atoms with Gasteiger partial charge >= 0.3 is 6.09 Å². The predicted molar refractivity (Wildman–Crippen MR) is 70.0 cm³/mol. The van der Waals surface area contributed by atoms with Crippen LogP contribution in [0.25, 0.3) is 0 Å². The second-order valence-corrected chi connectivity index (χ2v) is 5.21. The average molecular weight is 251 g/mol. The largest absolute Gasteiger partial charge is 0.444 e. The lowest BCUT2D eigenvalue weighted by atomic mass is 10.0. The zero-order valence-electron chi connectivity index (χ0n) is 11.4. The molecule has 1 rings (SSSR count). The fraction of sp³-hybridized carbons (Fsp3) is 0.500. The molecule has 1 aromatic rings. The first kappa shape index (κ1) is 14.5. The number of nitrogens with one attached hydrogen (secondary N) is 1. The molecule has 0 heterocycles. The molecule has 0 spiro atoms. The van der Waals surface area contributed by atoms with E-state index >= 15 is 0 Å². The Balaban J connectivity index is 2.81. The molecule has 4 heteroatoms. The highest BCUT2D eigenvalue weighted by Gasteiger charge is 2.31. The number of benzene rings is 1. The first-order valence-corrected chi connectivity index (χ1v) is 6.06. The van der Waals surface area contributed by atoms with Gasteiger partial charge in [0.1, 0.15) is 5.60 Å². The molecule has 0 aliphatic rings. The molecule has 0 aliphatic carbocycles. The lowest BCUT2D eigenvalue weighted by Crippen LogP contribution is -2.47. The highest BCUT2D eigenvalue weighted by molar-refractivity contribution is 5.68. The van der Waals surface area contributed by atoms with E-state index in [0.717, 1.165) is 0 Å². The normalized spacial score (nSPS) is 14.7. The first-order chi connectivity index (χ1) is 8.27. The zero-order chi connectivity index (χ0) is 13.8. The van der Waals surface area contributed by atoms with Crippen molar-refractivity contribution >= 4 is 6.09 Å². The highest BCUT2D eigenvalue weighted by atomic mass is 16.6. The molecule has 0 fully saturated rings. The number of ether oxygens (including phenoxy) is 1. The number of hydrogen-bond acceptors (Lipinski definition) is 3. The molecule has 1 amide bonds. The number of rotatable bonds is 3. The zero-order valence-corrected chi connectivity index (χ0v) is 11.4. The Kier molecular flexibility index (Phi) is 4.35. The standard InChI is InChI=1S/C14H21NO3/c1-5-14(17,11-9-7-6-8-10-11)15-12(16)18-13(2,3)4/h6-10,17H,5H2,1-4H3,(H,15,16). The summed E-state index contributed by atoms with van der Waals surface area (Å²) >= 11 is 0. The molecule has 0 saturated carbocycles. The number of carbonyl (C=O) groups is 1. The maximum absolute atomic E-state index is 11.7. The molecular weight excluding hydrogens is 230 g/mol. The van der Waals surface area contributed by atoms with Gasteiger partial charge in [0.15, 0.2) is 5.72 Å². The smallest absolute Gasteiger partial charge is 0.410 e. The van der Waals surface area contributed by atoms with E-state index in [9.17, 15) is 9.90 Å². The van der Waals surface area contributed by atoms with E-state index in [1.807, 2.05) is 18.2 Å². The summed E-state index contributed by atoms with van der Waals surface area (Å²) in [4.78, 5) is 11.7. The Morgan fingerprint density at radius 1 is 1.28 bits per heavy atom. The summed E-state index contributed by atoms with van der Waals surface area (Å²) in [6, 6.07) is 9.01. The predicted octanol–water partition coefficient (Wildman–Crippen LogP) is 2.77. The van der Waals surface area contributed by atoms with E-state index in [0.29, 0.717) is 12.0 Å². The minimum absolute atomic E-state index is 0.357. The van der Waals surface area contributed by atoms with Gasteiger partial charge in [0, 0.05) is 5.56 Å². The molecule has 100 valence electrons. The van der Waals surface area contributed by atoms with Gasteiger partial charge in [0.2, 0.25) is 0 Å². The topological polar surface area (TPSA) is 58.6 Å². The molecule has 0 saturated heterocycles. The van der Waals surface area contributed by atoms with Crippen molar-refractivity contribution in [3.05, 3.63) is 35.9 Å². The maximum atomic E-state index is 11.7. The van der Waals surface area contributed by atoms with Crippen LogP contribution in [-0.2, 0) is 10.5 Å². The summed E-state index contributed by atoms with van der Waals surface area (Å²) in [6.07, 6.45) is -0.272. The minimum Gasteiger partial charge on any atom is -0.444 e. The van der Waals surface area contributed by atoms with Crippen LogP contribution in [0.2, 0.25) is 0 Å². The molecule has 18 heavy (non-hydrogen) atoms. The monoisotopic (exact) mass is 251 g/mol. The average Bonchev–Trinajstić information content (AvgIpc) is 2.27. The van der Waals surface area contributed by atoms with Crippen LogP contribution in [0.15, 0.2) is 30.3 Å². The molecule has 0 bridgehead atoms. The van der Waals surface area contributed by atoms with Crippen molar-refractivity contribution in [1.82, 2.24) is 5.32 Å². The number of aliphatic hydroxyl groups is 1. The Morgan fingerprint density at radius 2 is 1.83 bits per heavy atom. The summed E-state index contributed by atoms with van der Waals surface area (Å²) in [5.41, 5.74) is -1.35. The van der Waals surface area contributed by atoms with Gasteiger partial charge < -0.3 is 9.84 Å². The van der Waals surface area contributed by atoms with E-state index in [1.165, 1.54) is 0 Å². The van der Waals surface area contributed by atoms with Gasteiger partial charge in [-0.25, -0.2) is 4.79 Å². The maximum Gasteiger partial charge on any atom is 0.410 e. The SMILES string of the molecule is CCC(O)(NC(=O)OC(C)(C)C)c1ccccc1. The first-order valence-electron chi connectivity index (χ1n) is 6.06. The van der Waals surface area contributed by atoms with Gasteiger partial charge in [-0.15, -0.1) is 0 Å². The highest BCUT2D eigenvalue weighted by Crippen LogP contribution is 2.22. The molecule has 0 radical (unpaired) electrons. The quantitative estimate of drug-likeness (QED) is 0.812. The second kappa shape index (κ2) is 5.40. The number of amides is 1. The van der Waals surface area contributed by atoms with Crippen molar-refractivity contribution in [1.29, 1.82) is 0 Å². The van der Waals surface area contributed by atoms with Gasteiger partial charge in [-0.3, -0.25) is 5.32 Å². The fourth-order valence-corrected chi connectivity index (χ4v) is 1.55. The van der Waals surface area contributed by atoms with Crippen molar-refractivity contribution < 1.29 is 14.6 Å². The lowest BCUT2D eigenvalue weighted by molar-refractivity contribution is -0.0203. The summed E-state index contributed by atoms with van der Waals surface area (Å²) < 4.78 is 5.15. The van der Waals surface area contributed by atoms with Crippen LogP contribution in [-0.4, -0.2) is 16.8 Å². The minimum atomic E-state index is -1.40. The van der Waals surface area contributed by atoms with E-state index in [-0.39, 0.29) is 0 Å². The molecule has 1 atom stereocenters. The van der Waals surface area contributed by atoms with E-state index in [2.05, 4.69) is 5.32 Å². The van der Waals surface area contributed by atoms with Crippen LogP contribution in [0, 0.1) is 0 Å². The van der Waals surface area contributed by atoms with Crippen LogP contribution >= 0.6 is 0 Å². The van der Waals surface area contributed by atoms with Crippen molar-refractivity contribution in [2.75, 3.05) is 0 Å². The third kappa shape index (κ3) is 4.04. The van der Waals surface area contributed by atoms with Crippen LogP contribution < -0.4 is 5.32 Å². The van der Waals surface area contributed by atoms with Crippen LogP contribution in [0.5, 0.6) is 0 Å². The van der Waals surface area contributed by atoms with E-state index in [1.54, 1.807) is 39.8 Å². The lowest BCUT2D eigenvalue weighted by Gasteiger charge is -2.30. The summed E-state index contributed by atoms with van der Waals surface area (Å²) in [7, 11) is 0. The molecule has 1 unspecified atom stereocenters. The van der Waals surface area contributed by atoms with Crippen LogP contribution in [0.3, 0.4) is 0 Å². The Morgan fingerprint density at radius 3 is 2.28 bits per heavy atom. The number of alkyl carbamates (subject to hydrolysis) is 1. The Bertz CT molecular complexity index is 397. The fourth-order valence-electron chi connectivity index (χ4n) is 1.55. The molecule has 4 nitrogen and oxygen atoms in total. The van der Waals surface area contributed by atoms with Crippen molar-refractivity contribution in [2.24, 2.45) is 0 Å². The number of hydrogen-bond donors (Lipinski definition) is 2. The van der Waals surface area contributed by atoms with Crippen molar-refractivity contribution in [3.8, 4) is 0 Å². The summed E-state index contributed by atoms with van der Waals surface area (Å²) in [5.74, 6) is 0. The van der Waals surface area contributed by atoms with E-state index in [4.69, 9.17) is 4.74 Å². The summed E-state index contributed by atoms with van der Waals surface area (Å²) in [6.45, 7) is 7.13. The van der Waals surface area contributed by atoms with Gasteiger partial charge in [-0.1, -0.05) is 37.3 Å². The molecule has 0 aromatic heterocycles. The van der Waals surface area contributed by atoms with Crippen molar-refractivity contribution in [2.45, 2.75) is 45.4 Å². The third-order valence-corrected chi connectivity index (χ3v) is 2.47. The van der Waals surface area contributed by atoms with Crippen LogP contribution in [0.4, 0.5) is 4.79 Å². The summed E-state index contributed by atoms with van der Waals surface area (Å²) in [5, 5.41) is 13.0. The van der Waals surface area contributed by atoms with Crippen molar-refractivity contribution in [3.63, 3.8) is 0 Å². The van der Waals surface area contributed by atoms with Gasteiger partial charge in [-0.05, 0) is 27.2 Å². The van der Waals surface area contributed by atoms with Gasteiger partial charge in [-0.2, -0.15) is 0 Å². The third-order valence-electron chi connectivity index (χ3n) is 2.47. The van der Waals surface area contributed by atoms with Gasteiger partial charge in [0.25, 0.3) is 0 Å². The number of carbonyl (C=O) groups excluding carboxylic acids is 1. The molecular formula is C14H21NO3. The second-order valence-electron chi connectivity index (χ2n) is 5.21. The Labute approximate surface area is 108 Å².